The van der Waals surface area contributed by atoms with Crippen molar-refractivity contribution in [2.24, 2.45) is 0 Å². The molecule has 0 aliphatic rings. The summed E-state index contributed by atoms with van der Waals surface area (Å²) in [5.41, 5.74) is 2.23. The smallest absolute Gasteiger partial charge is 0.287 e. The predicted octanol–water partition coefficient (Wildman–Crippen LogP) is 2.66. The quantitative estimate of drug-likeness (QED) is 0.620. The summed E-state index contributed by atoms with van der Waals surface area (Å²) in [7, 11) is 1.95. The van der Waals surface area contributed by atoms with Crippen LogP contribution in [0.2, 0.25) is 0 Å². The second kappa shape index (κ2) is 7.79. The van der Waals surface area contributed by atoms with Gasteiger partial charge < -0.3 is 9.74 Å². The van der Waals surface area contributed by atoms with Crippen LogP contribution in [0.15, 0.2) is 53.7 Å². The molecule has 0 aliphatic heterocycles. The molecule has 0 aliphatic carbocycles. The molecule has 2 aromatic heterocycles. The van der Waals surface area contributed by atoms with E-state index in [4.69, 9.17) is 4.84 Å². The largest absolute Gasteiger partial charge is 0.409 e. The molecular weight excluding hydrogens is 316 g/mol. The first kappa shape index (κ1) is 17.0. The maximum Gasteiger partial charge on any atom is 0.287 e. The van der Waals surface area contributed by atoms with Crippen molar-refractivity contribution in [3.63, 3.8) is 0 Å². The highest BCUT2D eigenvalue weighted by atomic mass is 16.7. The van der Waals surface area contributed by atoms with E-state index in [-0.39, 0.29) is 5.56 Å². The Bertz CT molecular complexity index is 893. The van der Waals surface area contributed by atoms with Gasteiger partial charge in [0.2, 0.25) is 0 Å². The van der Waals surface area contributed by atoms with Crippen molar-refractivity contribution >= 4 is 16.7 Å². The number of pyridine rings is 1. The lowest BCUT2D eigenvalue weighted by Crippen LogP contribution is -2.30. The highest BCUT2D eigenvalue weighted by molar-refractivity contribution is 5.88. The van der Waals surface area contributed by atoms with E-state index in [1.807, 2.05) is 30.1 Å². The van der Waals surface area contributed by atoms with Crippen molar-refractivity contribution in [3.05, 3.63) is 64.8 Å². The zero-order chi connectivity index (χ0) is 17.6. The van der Waals surface area contributed by atoms with Crippen molar-refractivity contribution in [2.45, 2.75) is 26.3 Å². The van der Waals surface area contributed by atoms with Crippen LogP contribution in [0.25, 0.3) is 11.0 Å². The molecule has 2 heterocycles. The molecule has 0 unspecified atom stereocenters. The molecule has 6 heteroatoms. The summed E-state index contributed by atoms with van der Waals surface area (Å²) in [6, 6.07) is 11.7. The van der Waals surface area contributed by atoms with Gasteiger partial charge in [0.1, 0.15) is 12.9 Å². The number of aromatic nitrogens is 3. The molecule has 3 aromatic rings. The molecular formula is C19H22N4O2. The summed E-state index contributed by atoms with van der Waals surface area (Å²) in [4.78, 5) is 28.6. The monoisotopic (exact) mass is 338 g/mol. The van der Waals surface area contributed by atoms with Gasteiger partial charge in [-0.3, -0.25) is 4.79 Å². The van der Waals surface area contributed by atoms with Gasteiger partial charge in [-0.25, -0.2) is 9.97 Å². The number of rotatable bonds is 7. The van der Waals surface area contributed by atoms with Gasteiger partial charge in [0.25, 0.3) is 5.56 Å². The lowest BCUT2D eigenvalue weighted by Gasteiger charge is -2.22. The molecule has 130 valence electrons. The second-order valence-electron chi connectivity index (χ2n) is 5.95. The standard InChI is InChI=1S/C19H22N4O2/c1-3-4-10-25-23-18(24)11-17(16-12-20-14-21-19(16)23)22(2)13-15-8-6-5-7-9-15/h5-9,11-12,14H,3-4,10,13H2,1-2H3. The van der Waals surface area contributed by atoms with E-state index in [0.29, 0.717) is 18.8 Å². The van der Waals surface area contributed by atoms with Crippen molar-refractivity contribution < 1.29 is 4.84 Å². The topological polar surface area (TPSA) is 60.2 Å². The first-order valence-electron chi connectivity index (χ1n) is 8.45. The van der Waals surface area contributed by atoms with E-state index in [9.17, 15) is 4.79 Å². The van der Waals surface area contributed by atoms with Crippen molar-refractivity contribution in [1.29, 1.82) is 0 Å². The van der Waals surface area contributed by atoms with Crippen molar-refractivity contribution in [2.75, 3.05) is 18.6 Å². The van der Waals surface area contributed by atoms with Gasteiger partial charge in [0.05, 0.1) is 11.1 Å². The van der Waals surface area contributed by atoms with Crippen LogP contribution in [0.5, 0.6) is 0 Å². The van der Waals surface area contributed by atoms with E-state index >= 15 is 0 Å². The van der Waals surface area contributed by atoms with Crippen LogP contribution in [0.3, 0.4) is 0 Å². The van der Waals surface area contributed by atoms with Gasteiger partial charge in [-0.1, -0.05) is 43.7 Å². The lowest BCUT2D eigenvalue weighted by molar-refractivity contribution is 0.108. The van der Waals surface area contributed by atoms with Gasteiger partial charge in [0.15, 0.2) is 5.65 Å². The summed E-state index contributed by atoms with van der Waals surface area (Å²) in [6.45, 7) is 3.24. The average Bonchev–Trinajstić information content (AvgIpc) is 2.64. The molecule has 0 radical (unpaired) electrons. The van der Waals surface area contributed by atoms with Gasteiger partial charge in [-0.15, -0.1) is 4.73 Å². The van der Waals surface area contributed by atoms with Gasteiger partial charge >= 0.3 is 0 Å². The third-order valence-corrected chi connectivity index (χ3v) is 4.01. The summed E-state index contributed by atoms with van der Waals surface area (Å²) in [6.07, 6.45) is 5.04. The summed E-state index contributed by atoms with van der Waals surface area (Å²) in [5.74, 6) is 0. The Labute approximate surface area is 146 Å². The number of hydrogen-bond donors (Lipinski definition) is 0. The SMILES string of the molecule is CCCCOn1c(=O)cc(N(C)Cc2ccccc2)c2cncnc21. The minimum atomic E-state index is -0.225. The third kappa shape index (κ3) is 3.79. The molecule has 0 atom stereocenters. The van der Waals surface area contributed by atoms with E-state index in [0.717, 1.165) is 23.9 Å². The Balaban J connectivity index is 1.99. The third-order valence-electron chi connectivity index (χ3n) is 4.01. The average molecular weight is 338 g/mol. The Morgan fingerprint density at radius 1 is 1.24 bits per heavy atom. The van der Waals surface area contributed by atoms with Crippen LogP contribution in [-0.4, -0.2) is 28.4 Å². The van der Waals surface area contributed by atoms with Gasteiger partial charge in [0, 0.05) is 25.9 Å². The fourth-order valence-electron chi connectivity index (χ4n) is 2.71. The molecule has 3 rings (SSSR count). The molecule has 25 heavy (non-hydrogen) atoms. The van der Waals surface area contributed by atoms with Crippen molar-refractivity contribution in [3.8, 4) is 0 Å². The molecule has 0 N–H and O–H groups in total. The predicted molar refractivity (Wildman–Crippen MR) is 98.7 cm³/mol. The summed E-state index contributed by atoms with van der Waals surface area (Å²) >= 11 is 0. The summed E-state index contributed by atoms with van der Waals surface area (Å²) < 4.78 is 1.27. The minimum Gasteiger partial charge on any atom is -0.409 e. The molecule has 0 saturated heterocycles. The van der Waals surface area contributed by atoms with Crippen LogP contribution in [0.4, 0.5) is 5.69 Å². The highest BCUT2D eigenvalue weighted by Crippen LogP contribution is 2.23. The Kier molecular flexibility index (Phi) is 5.28. The number of fused-ring (bicyclic) bond motifs is 1. The second-order valence-corrected chi connectivity index (χ2v) is 5.95. The zero-order valence-corrected chi connectivity index (χ0v) is 14.6. The van der Waals surface area contributed by atoms with Gasteiger partial charge in [-0.05, 0) is 12.0 Å². The maximum atomic E-state index is 12.6. The van der Waals surface area contributed by atoms with E-state index in [1.165, 1.54) is 16.6 Å². The fourth-order valence-corrected chi connectivity index (χ4v) is 2.71. The number of unbranched alkanes of at least 4 members (excludes halogenated alkanes) is 1. The van der Waals surface area contributed by atoms with Crippen LogP contribution in [0, 0.1) is 0 Å². The fraction of sp³-hybridized carbons (Fsp3) is 0.316. The molecule has 6 nitrogen and oxygen atoms in total. The number of anilines is 1. The molecule has 1 aromatic carbocycles. The van der Waals surface area contributed by atoms with Gasteiger partial charge in [-0.2, -0.15) is 0 Å². The molecule has 0 saturated carbocycles. The van der Waals surface area contributed by atoms with E-state index < -0.39 is 0 Å². The molecule has 0 fully saturated rings. The van der Waals surface area contributed by atoms with Crippen LogP contribution >= 0.6 is 0 Å². The Morgan fingerprint density at radius 3 is 2.80 bits per heavy atom. The summed E-state index contributed by atoms with van der Waals surface area (Å²) in [5, 5.41) is 0.789. The number of hydrogen-bond acceptors (Lipinski definition) is 5. The molecule has 0 spiro atoms. The van der Waals surface area contributed by atoms with E-state index in [1.54, 1.807) is 12.3 Å². The van der Waals surface area contributed by atoms with Crippen LogP contribution in [0.1, 0.15) is 25.3 Å². The van der Waals surface area contributed by atoms with Crippen molar-refractivity contribution in [1.82, 2.24) is 14.7 Å². The van der Waals surface area contributed by atoms with Crippen LogP contribution < -0.4 is 15.3 Å². The first-order valence-corrected chi connectivity index (χ1v) is 8.45. The number of benzene rings is 1. The zero-order valence-electron chi connectivity index (χ0n) is 14.6. The minimum absolute atomic E-state index is 0.225. The Hall–Kier alpha value is -2.89. The Morgan fingerprint density at radius 2 is 2.04 bits per heavy atom. The normalized spacial score (nSPS) is 10.8. The lowest BCUT2D eigenvalue weighted by atomic mass is 10.2. The number of nitrogens with zero attached hydrogens (tertiary/aromatic N) is 4. The maximum absolute atomic E-state index is 12.6. The first-order chi connectivity index (χ1) is 12.2. The highest BCUT2D eigenvalue weighted by Gasteiger charge is 2.14. The molecule has 0 bridgehead atoms. The molecule has 0 amide bonds. The van der Waals surface area contributed by atoms with Crippen LogP contribution in [-0.2, 0) is 6.54 Å². The van der Waals surface area contributed by atoms with E-state index in [2.05, 4.69) is 29.0 Å².